The van der Waals surface area contributed by atoms with Gasteiger partial charge in [0.15, 0.2) is 6.61 Å². The van der Waals surface area contributed by atoms with Crippen molar-refractivity contribution in [3.63, 3.8) is 0 Å². The summed E-state index contributed by atoms with van der Waals surface area (Å²) in [4.78, 5) is 25.2. The standard InChI is InChI=1S/C19H22N2O3/c1-3-14-8-10-15(11-9-14)12-21(2)19(23)16-6-4-5-7-17(16)24-13-18(20)22/h4-11H,3,12-13H2,1-2H3,(H2,20,22). The number of ether oxygens (including phenoxy) is 1. The van der Waals surface area contributed by atoms with E-state index in [0.717, 1.165) is 12.0 Å². The van der Waals surface area contributed by atoms with Crippen molar-refractivity contribution >= 4 is 11.8 Å². The van der Waals surface area contributed by atoms with Gasteiger partial charge in [-0.15, -0.1) is 0 Å². The lowest BCUT2D eigenvalue weighted by Crippen LogP contribution is -2.27. The van der Waals surface area contributed by atoms with Crippen molar-refractivity contribution < 1.29 is 14.3 Å². The second-order valence-corrected chi connectivity index (χ2v) is 5.58. The van der Waals surface area contributed by atoms with E-state index in [1.165, 1.54) is 5.56 Å². The van der Waals surface area contributed by atoms with Crippen LogP contribution in [-0.4, -0.2) is 30.4 Å². The van der Waals surface area contributed by atoms with Gasteiger partial charge in [-0.05, 0) is 29.7 Å². The zero-order valence-corrected chi connectivity index (χ0v) is 14.0. The monoisotopic (exact) mass is 326 g/mol. The predicted octanol–water partition coefficient (Wildman–Crippen LogP) is 2.39. The van der Waals surface area contributed by atoms with Gasteiger partial charge < -0.3 is 15.4 Å². The highest BCUT2D eigenvalue weighted by molar-refractivity contribution is 5.96. The van der Waals surface area contributed by atoms with Gasteiger partial charge in [0.1, 0.15) is 5.75 Å². The van der Waals surface area contributed by atoms with Crippen molar-refractivity contribution in [1.82, 2.24) is 4.90 Å². The summed E-state index contributed by atoms with van der Waals surface area (Å²) in [5, 5.41) is 0. The van der Waals surface area contributed by atoms with Crippen molar-refractivity contribution in [2.24, 2.45) is 5.73 Å². The van der Waals surface area contributed by atoms with E-state index in [0.29, 0.717) is 17.9 Å². The van der Waals surface area contributed by atoms with Crippen LogP contribution in [0.2, 0.25) is 0 Å². The minimum Gasteiger partial charge on any atom is -0.483 e. The van der Waals surface area contributed by atoms with Crippen LogP contribution < -0.4 is 10.5 Å². The van der Waals surface area contributed by atoms with Gasteiger partial charge in [0.2, 0.25) is 0 Å². The van der Waals surface area contributed by atoms with E-state index in [1.807, 2.05) is 12.1 Å². The quantitative estimate of drug-likeness (QED) is 0.849. The summed E-state index contributed by atoms with van der Waals surface area (Å²) in [5.74, 6) is -0.397. The summed E-state index contributed by atoms with van der Waals surface area (Å²) in [6.07, 6.45) is 0.986. The molecule has 0 bridgehead atoms. The molecule has 0 radical (unpaired) electrons. The molecule has 2 N–H and O–H groups in total. The summed E-state index contributed by atoms with van der Waals surface area (Å²) >= 11 is 0. The molecule has 0 aliphatic rings. The van der Waals surface area contributed by atoms with E-state index in [9.17, 15) is 9.59 Å². The minimum atomic E-state index is -0.582. The first kappa shape index (κ1) is 17.5. The molecule has 0 aliphatic carbocycles. The van der Waals surface area contributed by atoms with Crippen molar-refractivity contribution in [1.29, 1.82) is 0 Å². The maximum Gasteiger partial charge on any atom is 0.257 e. The Hall–Kier alpha value is -2.82. The molecule has 24 heavy (non-hydrogen) atoms. The van der Waals surface area contributed by atoms with E-state index < -0.39 is 5.91 Å². The van der Waals surface area contributed by atoms with Gasteiger partial charge in [-0.2, -0.15) is 0 Å². The van der Waals surface area contributed by atoms with Gasteiger partial charge in [0.05, 0.1) is 5.56 Å². The van der Waals surface area contributed by atoms with Gasteiger partial charge in [0.25, 0.3) is 11.8 Å². The number of rotatable bonds is 7. The van der Waals surface area contributed by atoms with Crippen LogP contribution >= 0.6 is 0 Å². The Morgan fingerprint density at radius 1 is 1.04 bits per heavy atom. The molecule has 2 aromatic rings. The molecule has 0 fully saturated rings. The highest BCUT2D eigenvalue weighted by Gasteiger charge is 2.17. The summed E-state index contributed by atoms with van der Waals surface area (Å²) < 4.78 is 5.33. The summed E-state index contributed by atoms with van der Waals surface area (Å²) in [6, 6.07) is 15.0. The predicted molar refractivity (Wildman–Crippen MR) is 92.7 cm³/mol. The Morgan fingerprint density at radius 3 is 2.29 bits per heavy atom. The number of hydrogen-bond acceptors (Lipinski definition) is 3. The molecule has 0 saturated carbocycles. The molecule has 0 aromatic heterocycles. The Morgan fingerprint density at radius 2 is 1.67 bits per heavy atom. The molecule has 0 spiro atoms. The average molecular weight is 326 g/mol. The Kier molecular flexibility index (Phi) is 5.95. The normalized spacial score (nSPS) is 10.2. The smallest absolute Gasteiger partial charge is 0.257 e. The lowest BCUT2D eigenvalue weighted by atomic mass is 10.1. The molecule has 5 heteroatoms. The van der Waals surface area contributed by atoms with Crippen LogP contribution in [0.25, 0.3) is 0 Å². The maximum atomic E-state index is 12.7. The Balaban J connectivity index is 2.10. The van der Waals surface area contributed by atoms with Crippen molar-refractivity contribution in [2.75, 3.05) is 13.7 Å². The van der Waals surface area contributed by atoms with Crippen molar-refractivity contribution in [2.45, 2.75) is 19.9 Å². The number of carbonyl (C=O) groups is 2. The number of para-hydroxylation sites is 1. The lowest BCUT2D eigenvalue weighted by molar-refractivity contribution is -0.119. The first-order valence-electron chi connectivity index (χ1n) is 7.84. The number of aryl methyl sites for hydroxylation is 1. The number of hydrogen-bond donors (Lipinski definition) is 1. The molecular formula is C19H22N2O3. The number of benzene rings is 2. The molecular weight excluding hydrogens is 304 g/mol. The SMILES string of the molecule is CCc1ccc(CN(C)C(=O)c2ccccc2OCC(N)=O)cc1. The van der Waals surface area contributed by atoms with E-state index in [4.69, 9.17) is 10.5 Å². The highest BCUT2D eigenvalue weighted by atomic mass is 16.5. The number of nitrogens with zero attached hydrogens (tertiary/aromatic N) is 1. The summed E-state index contributed by atoms with van der Waals surface area (Å²) in [5.41, 5.74) is 7.82. The van der Waals surface area contributed by atoms with E-state index in [-0.39, 0.29) is 12.5 Å². The van der Waals surface area contributed by atoms with E-state index in [1.54, 1.807) is 36.2 Å². The molecule has 0 aliphatic heterocycles. The van der Waals surface area contributed by atoms with Crippen LogP contribution in [0.15, 0.2) is 48.5 Å². The fourth-order valence-electron chi connectivity index (χ4n) is 2.35. The highest BCUT2D eigenvalue weighted by Crippen LogP contribution is 2.20. The maximum absolute atomic E-state index is 12.7. The first-order valence-corrected chi connectivity index (χ1v) is 7.84. The minimum absolute atomic E-state index is 0.172. The van der Waals surface area contributed by atoms with Crippen LogP contribution in [0, 0.1) is 0 Å². The molecule has 2 amide bonds. The zero-order valence-electron chi connectivity index (χ0n) is 14.0. The molecule has 0 unspecified atom stereocenters. The molecule has 126 valence electrons. The van der Waals surface area contributed by atoms with Crippen LogP contribution in [0.4, 0.5) is 0 Å². The second-order valence-electron chi connectivity index (χ2n) is 5.58. The first-order chi connectivity index (χ1) is 11.5. The fraction of sp³-hybridized carbons (Fsp3) is 0.263. The average Bonchev–Trinajstić information content (AvgIpc) is 2.60. The summed E-state index contributed by atoms with van der Waals surface area (Å²) in [6.45, 7) is 2.34. The largest absolute Gasteiger partial charge is 0.483 e. The van der Waals surface area contributed by atoms with E-state index >= 15 is 0 Å². The molecule has 2 aromatic carbocycles. The molecule has 0 heterocycles. The van der Waals surface area contributed by atoms with Gasteiger partial charge >= 0.3 is 0 Å². The third-order valence-corrected chi connectivity index (χ3v) is 3.69. The number of carbonyl (C=O) groups excluding carboxylic acids is 2. The van der Waals surface area contributed by atoms with E-state index in [2.05, 4.69) is 19.1 Å². The van der Waals surface area contributed by atoms with Crippen LogP contribution in [-0.2, 0) is 17.8 Å². The Bertz CT molecular complexity index is 711. The van der Waals surface area contributed by atoms with Crippen LogP contribution in [0.1, 0.15) is 28.4 Å². The third-order valence-electron chi connectivity index (χ3n) is 3.69. The van der Waals surface area contributed by atoms with Crippen molar-refractivity contribution in [3.05, 3.63) is 65.2 Å². The fourth-order valence-corrected chi connectivity index (χ4v) is 2.35. The lowest BCUT2D eigenvalue weighted by Gasteiger charge is -2.19. The van der Waals surface area contributed by atoms with Gasteiger partial charge in [0, 0.05) is 13.6 Å². The van der Waals surface area contributed by atoms with Gasteiger partial charge in [-0.1, -0.05) is 43.3 Å². The van der Waals surface area contributed by atoms with Crippen LogP contribution in [0.5, 0.6) is 5.75 Å². The number of nitrogens with two attached hydrogens (primary N) is 1. The molecule has 5 nitrogen and oxygen atoms in total. The van der Waals surface area contributed by atoms with Gasteiger partial charge in [-0.3, -0.25) is 9.59 Å². The van der Waals surface area contributed by atoms with Crippen molar-refractivity contribution in [3.8, 4) is 5.75 Å². The topological polar surface area (TPSA) is 72.6 Å². The number of amides is 2. The molecule has 2 rings (SSSR count). The number of primary amides is 1. The summed E-state index contributed by atoms with van der Waals surface area (Å²) in [7, 11) is 1.74. The zero-order chi connectivity index (χ0) is 17.5. The second kappa shape index (κ2) is 8.15. The molecule has 0 saturated heterocycles. The van der Waals surface area contributed by atoms with Gasteiger partial charge in [-0.25, -0.2) is 0 Å². The van der Waals surface area contributed by atoms with Crippen LogP contribution in [0.3, 0.4) is 0 Å². The Labute approximate surface area is 142 Å². The third kappa shape index (κ3) is 4.59. The molecule has 0 atom stereocenters.